The minimum absolute atomic E-state index is 0.0905. The van der Waals surface area contributed by atoms with Crippen molar-refractivity contribution < 1.29 is 23.1 Å². The maximum atomic E-state index is 13.3. The van der Waals surface area contributed by atoms with Crippen molar-refractivity contribution in [3.63, 3.8) is 0 Å². The van der Waals surface area contributed by atoms with Crippen LogP contribution in [0.5, 0.6) is 0 Å². The molecule has 204 valence electrons. The van der Waals surface area contributed by atoms with E-state index in [1.807, 2.05) is 11.8 Å². The highest BCUT2D eigenvalue weighted by atomic mass is 19.4. The Morgan fingerprint density at radius 2 is 1.97 bits per heavy atom. The fraction of sp³-hybridized carbons (Fsp3) is 0.520. The van der Waals surface area contributed by atoms with Crippen LogP contribution in [0.1, 0.15) is 37.3 Å². The van der Waals surface area contributed by atoms with Crippen molar-refractivity contribution in [2.45, 2.75) is 50.0 Å². The number of carbonyl (C=O) groups excluding carboxylic acids is 1. The number of hydrogen-bond acceptors (Lipinski definition) is 9. The zero-order valence-electron chi connectivity index (χ0n) is 21.0. The highest BCUT2D eigenvalue weighted by Gasteiger charge is 2.38. The first-order valence-corrected chi connectivity index (χ1v) is 12.6. The maximum absolute atomic E-state index is 13.3. The van der Waals surface area contributed by atoms with Crippen LogP contribution in [0.4, 0.5) is 36.4 Å². The third-order valence-electron chi connectivity index (χ3n) is 7.39. The Morgan fingerprint density at radius 1 is 1.24 bits per heavy atom. The SMILES string of the molecule is CC1(O)CCN(C2CN(c3nc(NC4CNC(=O)C4)nc(Nc4cccc(C(F)(F)F)c4)c3C=N)C2)CC1. The summed E-state index contributed by atoms with van der Waals surface area (Å²) in [6, 6.07) is 4.84. The van der Waals surface area contributed by atoms with Gasteiger partial charge in [-0.25, -0.2) is 0 Å². The van der Waals surface area contributed by atoms with Gasteiger partial charge in [-0.1, -0.05) is 6.07 Å². The molecule has 38 heavy (non-hydrogen) atoms. The lowest BCUT2D eigenvalue weighted by Crippen LogP contribution is -2.62. The molecule has 13 heteroatoms. The van der Waals surface area contributed by atoms with Crippen LogP contribution in [0.2, 0.25) is 0 Å². The number of piperidine rings is 1. The van der Waals surface area contributed by atoms with Crippen molar-refractivity contribution >= 4 is 35.4 Å². The molecule has 1 aromatic heterocycles. The number of carbonyl (C=O) groups is 1. The van der Waals surface area contributed by atoms with E-state index in [9.17, 15) is 23.1 Å². The smallest absolute Gasteiger partial charge is 0.390 e. The minimum atomic E-state index is -4.50. The third kappa shape index (κ3) is 5.68. The van der Waals surface area contributed by atoms with Crippen LogP contribution in [0.25, 0.3) is 0 Å². The Labute approximate surface area is 218 Å². The number of aliphatic hydroxyl groups is 1. The third-order valence-corrected chi connectivity index (χ3v) is 7.39. The lowest BCUT2D eigenvalue weighted by molar-refractivity contribution is -0.137. The van der Waals surface area contributed by atoms with E-state index in [-0.39, 0.29) is 41.9 Å². The molecule has 0 spiro atoms. The van der Waals surface area contributed by atoms with Gasteiger partial charge in [-0.05, 0) is 38.0 Å². The van der Waals surface area contributed by atoms with Crippen molar-refractivity contribution in [3.05, 3.63) is 35.4 Å². The van der Waals surface area contributed by atoms with Gasteiger partial charge in [0, 0.05) is 57.1 Å². The second-order valence-corrected chi connectivity index (χ2v) is 10.4. The molecular formula is C25H31F3N8O2. The normalized spacial score (nSPS) is 22.1. The number of hydrogen-bond donors (Lipinski definition) is 5. The van der Waals surface area contributed by atoms with E-state index < -0.39 is 17.3 Å². The first kappa shape index (κ1) is 26.2. The van der Waals surface area contributed by atoms with E-state index in [1.54, 1.807) is 0 Å². The summed E-state index contributed by atoms with van der Waals surface area (Å²) in [7, 11) is 0. The van der Waals surface area contributed by atoms with Crippen LogP contribution in [0, 0.1) is 5.41 Å². The molecule has 3 aliphatic heterocycles. The van der Waals surface area contributed by atoms with Crippen molar-refractivity contribution in [2.75, 3.05) is 48.3 Å². The second-order valence-electron chi connectivity index (χ2n) is 10.4. The van der Waals surface area contributed by atoms with Gasteiger partial charge >= 0.3 is 6.18 Å². The highest BCUT2D eigenvalue weighted by molar-refractivity contribution is 5.93. The Bertz CT molecular complexity index is 1210. The molecule has 0 radical (unpaired) electrons. The van der Waals surface area contributed by atoms with Crippen molar-refractivity contribution in [1.82, 2.24) is 20.2 Å². The number of alkyl halides is 3. The topological polar surface area (TPSA) is 130 Å². The predicted molar refractivity (Wildman–Crippen MR) is 137 cm³/mol. The first-order chi connectivity index (χ1) is 18.0. The van der Waals surface area contributed by atoms with Gasteiger partial charge < -0.3 is 31.4 Å². The quantitative estimate of drug-likeness (QED) is 0.344. The molecule has 10 nitrogen and oxygen atoms in total. The van der Waals surface area contributed by atoms with E-state index in [0.717, 1.165) is 31.4 Å². The zero-order chi connectivity index (χ0) is 27.1. The molecule has 0 saturated carbocycles. The van der Waals surface area contributed by atoms with Gasteiger partial charge in [0.25, 0.3) is 0 Å². The minimum Gasteiger partial charge on any atom is -0.390 e. The number of rotatable bonds is 7. The zero-order valence-corrected chi connectivity index (χ0v) is 21.0. The van der Waals surface area contributed by atoms with E-state index in [1.165, 1.54) is 12.1 Å². The summed E-state index contributed by atoms with van der Waals surface area (Å²) < 4.78 is 39.8. The molecule has 4 heterocycles. The average Bonchev–Trinajstić information content (AvgIpc) is 3.23. The monoisotopic (exact) mass is 532 g/mol. The number of amides is 1. The molecule has 1 amide bonds. The van der Waals surface area contributed by atoms with Gasteiger partial charge in [0.05, 0.1) is 22.8 Å². The molecule has 5 rings (SSSR count). The summed E-state index contributed by atoms with van der Waals surface area (Å²) >= 11 is 0. The molecule has 1 unspecified atom stereocenters. The van der Waals surface area contributed by atoms with Gasteiger partial charge in [-0.2, -0.15) is 23.1 Å². The summed E-state index contributed by atoms with van der Waals surface area (Å²) in [6.07, 6.45) is -1.73. The molecule has 0 aliphatic carbocycles. The van der Waals surface area contributed by atoms with Crippen LogP contribution in [0.3, 0.4) is 0 Å². The lowest BCUT2D eigenvalue weighted by atomic mass is 9.91. The van der Waals surface area contributed by atoms with E-state index in [4.69, 9.17) is 5.41 Å². The Balaban J connectivity index is 1.41. The molecule has 1 aromatic carbocycles. The number of benzene rings is 1. The van der Waals surface area contributed by atoms with Gasteiger partial charge in [-0.15, -0.1) is 0 Å². The second kappa shape index (κ2) is 10.0. The molecule has 3 saturated heterocycles. The summed E-state index contributed by atoms with van der Waals surface area (Å²) in [6.45, 7) is 5.17. The predicted octanol–water partition coefficient (Wildman–Crippen LogP) is 2.57. The Morgan fingerprint density at radius 3 is 2.61 bits per heavy atom. The summed E-state index contributed by atoms with van der Waals surface area (Å²) in [5.74, 6) is 0.817. The van der Waals surface area contributed by atoms with E-state index in [2.05, 4.69) is 30.8 Å². The van der Waals surface area contributed by atoms with Crippen LogP contribution in [-0.4, -0.2) is 82.5 Å². The lowest BCUT2D eigenvalue weighted by Gasteiger charge is -2.49. The highest BCUT2D eigenvalue weighted by Crippen LogP contribution is 2.35. The number of likely N-dealkylation sites (tertiary alicyclic amines) is 1. The van der Waals surface area contributed by atoms with Crippen LogP contribution < -0.4 is 20.9 Å². The van der Waals surface area contributed by atoms with Crippen molar-refractivity contribution in [3.8, 4) is 0 Å². The fourth-order valence-electron chi connectivity index (χ4n) is 5.02. The van der Waals surface area contributed by atoms with Crippen molar-refractivity contribution in [2.24, 2.45) is 0 Å². The van der Waals surface area contributed by atoms with E-state index in [0.29, 0.717) is 43.9 Å². The maximum Gasteiger partial charge on any atom is 0.416 e. The summed E-state index contributed by atoms with van der Waals surface area (Å²) in [4.78, 5) is 25.2. The molecule has 0 bridgehead atoms. The van der Waals surface area contributed by atoms with Gasteiger partial charge in [0.15, 0.2) is 0 Å². The molecule has 5 N–H and O–H groups in total. The van der Waals surface area contributed by atoms with Crippen molar-refractivity contribution in [1.29, 1.82) is 5.41 Å². The van der Waals surface area contributed by atoms with E-state index >= 15 is 0 Å². The number of anilines is 4. The molecular weight excluding hydrogens is 501 g/mol. The van der Waals surface area contributed by atoms with Gasteiger partial charge in [0.2, 0.25) is 11.9 Å². The van der Waals surface area contributed by atoms with Crippen LogP contribution in [-0.2, 0) is 11.0 Å². The first-order valence-electron chi connectivity index (χ1n) is 12.6. The van der Waals surface area contributed by atoms with Gasteiger partial charge in [-0.3, -0.25) is 9.69 Å². The molecule has 2 aromatic rings. The largest absolute Gasteiger partial charge is 0.416 e. The Kier molecular flexibility index (Phi) is 6.90. The molecule has 3 fully saturated rings. The standard InChI is InChI=1S/C25H31F3N8O2/c1-24(38)5-7-35(8-6-24)18-13-36(14-18)22-19(11-29)21(31-16-4-2-3-15(9-16)25(26,27)28)33-23(34-22)32-17-10-20(37)30-12-17/h2-4,9,11,17-18,29,38H,5-8,10,12-14H2,1H3,(H,30,37)(H2,31,32,33,34). The summed E-state index contributed by atoms with van der Waals surface area (Å²) in [5, 5.41) is 27.2. The van der Waals surface area contributed by atoms with Gasteiger partial charge in [0.1, 0.15) is 11.6 Å². The van der Waals surface area contributed by atoms with Crippen LogP contribution >= 0.6 is 0 Å². The molecule has 3 aliphatic rings. The molecule has 1 atom stereocenters. The fourth-order valence-corrected chi connectivity index (χ4v) is 5.02. The number of nitrogens with zero attached hydrogens (tertiary/aromatic N) is 4. The number of nitrogens with one attached hydrogen (secondary N) is 4. The average molecular weight is 533 g/mol. The number of aromatic nitrogens is 2. The Hall–Kier alpha value is -3.45. The summed E-state index contributed by atoms with van der Waals surface area (Å²) in [5.41, 5.74) is -0.902. The van der Waals surface area contributed by atoms with Crippen LogP contribution in [0.15, 0.2) is 24.3 Å². The number of halogens is 3.